The number of anilines is 2. The van der Waals surface area contributed by atoms with E-state index in [1.807, 2.05) is 39.8 Å². The van der Waals surface area contributed by atoms with Gasteiger partial charge in [0.1, 0.15) is 32.3 Å². The second kappa shape index (κ2) is 19.2. The van der Waals surface area contributed by atoms with Gasteiger partial charge in [-0.3, -0.25) is 25.1 Å². The van der Waals surface area contributed by atoms with E-state index >= 15 is 0 Å². The number of aryl methyl sites for hydroxylation is 4. The van der Waals surface area contributed by atoms with Crippen LogP contribution >= 0.6 is 22.7 Å². The van der Waals surface area contributed by atoms with Crippen LogP contribution in [0.15, 0.2) is 36.4 Å². The van der Waals surface area contributed by atoms with E-state index in [4.69, 9.17) is 19.2 Å². The van der Waals surface area contributed by atoms with E-state index in [0.717, 1.165) is 29.6 Å². The van der Waals surface area contributed by atoms with E-state index in [1.165, 1.54) is 54.0 Å². The molecule has 7 rings (SSSR count). The summed E-state index contributed by atoms with van der Waals surface area (Å²) < 4.78 is 20.9. The zero-order chi connectivity index (χ0) is 44.1. The Hall–Kier alpha value is -6.22. The number of hydrogen-bond donors (Lipinski definition) is 4. The van der Waals surface area contributed by atoms with Gasteiger partial charge in [-0.1, -0.05) is 26.0 Å². The molecule has 1 aliphatic heterocycles. The van der Waals surface area contributed by atoms with Crippen LogP contribution in [0, 0.1) is 13.8 Å². The van der Waals surface area contributed by atoms with Gasteiger partial charge in [0, 0.05) is 32.7 Å². The van der Waals surface area contributed by atoms with E-state index in [9.17, 15) is 29.4 Å². The molecule has 62 heavy (non-hydrogen) atoms. The highest BCUT2D eigenvalue weighted by molar-refractivity contribution is 7.14. The van der Waals surface area contributed by atoms with Crippen LogP contribution in [0.5, 0.6) is 11.5 Å². The van der Waals surface area contributed by atoms with Crippen LogP contribution in [-0.2, 0) is 30.7 Å². The molecule has 0 aliphatic carbocycles. The van der Waals surface area contributed by atoms with Crippen LogP contribution in [-0.4, -0.2) is 115 Å². The summed E-state index contributed by atoms with van der Waals surface area (Å²) in [6.07, 6.45) is 5.43. The first-order chi connectivity index (χ1) is 29.9. The van der Waals surface area contributed by atoms with Gasteiger partial charge < -0.3 is 33.6 Å². The molecular weight excluding hydrogens is 839 g/mol. The SMILES string of the molecule is CCc1nc(C)sc1C(=O)Nc1nc2cc(C(=O)O)cc(OC)c2n1C/C=C/Cn1c(NC(=O)c2sc(C)nc2CC)nc2cc(C(=O)O)cc(OCCCN3CCOCC3)c21. The molecule has 5 heterocycles. The smallest absolute Gasteiger partial charge is 0.335 e. The number of allylic oxidation sites excluding steroid dienone is 2. The molecule has 2 amide bonds. The summed E-state index contributed by atoms with van der Waals surface area (Å²) in [6.45, 7) is 11.8. The number of carbonyl (C=O) groups excluding carboxylic acids is 2. The number of carboxylic acids is 2. The standard InChI is InChI=1S/C42H47N9O9S2/c1-6-27-35(61-23(3)43-27)37(52)47-41-45-29-19-25(39(54)55)21-31(58-5)33(29)50(41)12-8-9-13-51-34-30(46-42(51)48-38(53)36-28(7-2)44-24(4)62-36)20-26(40(56)57)22-32(34)60-16-10-11-49-14-17-59-18-15-49/h8-9,19-22H,6-7,10-18H2,1-5H3,(H,54,55)(H,56,57)(H,45,47,52)(H,46,48,53)/b9-8+. The Morgan fingerprint density at radius 1 is 0.758 bits per heavy atom. The molecule has 0 saturated carbocycles. The molecule has 0 radical (unpaired) electrons. The Bertz CT molecular complexity index is 2690. The highest BCUT2D eigenvalue weighted by atomic mass is 32.1. The lowest BCUT2D eigenvalue weighted by atomic mass is 10.2. The van der Waals surface area contributed by atoms with Crippen molar-refractivity contribution >= 4 is 80.4 Å². The number of fused-ring (bicyclic) bond motifs is 2. The molecule has 0 spiro atoms. The van der Waals surface area contributed by atoms with Gasteiger partial charge in [-0.2, -0.15) is 0 Å². The maximum atomic E-state index is 13.8. The molecule has 4 N–H and O–H groups in total. The molecule has 20 heteroatoms. The average Bonchev–Trinajstić information content (AvgIpc) is 4.03. The lowest BCUT2D eigenvalue weighted by molar-refractivity contribution is 0.0358. The Labute approximate surface area is 364 Å². The molecule has 1 saturated heterocycles. The average molecular weight is 886 g/mol. The highest BCUT2D eigenvalue weighted by Crippen LogP contribution is 2.34. The lowest BCUT2D eigenvalue weighted by Gasteiger charge is -2.26. The molecule has 0 bridgehead atoms. The van der Waals surface area contributed by atoms with Gasteiger partial charge in [-0.05, 0) is 57.4 Å². The Morgan fingerprint density at radius 2 is 1.24 bits per heavy atom. The molecule has 1 aliphatic rings. The quantitative estimate of drug-likeness (QED) is 0.0549. The molecule has 0 unspecified atom stereocenters. The van der Waals surface area contributed by atoms with E-state index in [0.29, 0.717) is 88.0 Å². The van der Waals surface area contributed by atoms with Crippen molar-refractivity contribution < 1.29 is 43.6 Å². The van der Waals surface area contributed by atoms with Gasteiger partial charge in [0.05, 0.1) is 70.5 Å². The number of carbonyl (C=O) groups is 4. The number of imidazole rings is 2. The summed E-state index contributed by atoms with van der Waals surface area (Å²) in [5.41, 5.74) is 2.78. The number of amides is 2. The number of nitrogens with one attached hydrogen (secondary N) is 2. The van der Waals surface area contributed by atoms with Crippen LogP contribution in [0.1, 0.15) is 81.7 Å². The minimum absolute atomic E-state index is 0.0220. The second-order valence-corrected chi connectivity index (χ2v) is 16.8. The Kier molecular flexibility index (Phi) is 13.6. The molecule has 0 atom stereocenters. The zero-order valence-corrected chi connectivity index (χ0v) is 36.6. The largest absolute Gasteiger partial charge is 0.494 e. The van der Waals surface area contributed by atoms with Crippen LogP contribution < -0.4 is 20.1 Å². The summed E-state index contributed by atoms with van der Waals surface area (Å²) in [7, 11) is 1.43. The van der Waals surface area contributed by atoms with Crippen molar-refractivity contribution in [1.82, 2.24) is 34.0 Å². The minimum Gasteiger partial charge on any atom is -0.494 e. The summed E-state index contributed by atoms with van der Waals surface area (Å²) >= 11 is 2.54. The van der Waals surface area contributed by atoms with Crippen molar-refractivity contribution in [3.8, 4) is 11.5 Å². The minimum atomic E-state index is -1.17. The van der Waals surface area contributed by atoms with Crippen LogP contribution in [0.2, 0.25) is 0 Å². The summed E-state index contributed by atoms with van der Waals surface area (Å²) in [6, 6.07) is 5.73. The topological polar surface area (TPSA) is 225 Å². The third kappa shape index (κ3) is 9.47. The van der Waals surface area contributed by atoms with Crippen LogP contribution in [0.3, 0.4) is 0 Å². The Morgan fingerprint density at radius 3 is 1.71 bits per heavy atom. The highest BCUT2D eigenvalue weighted by Gasteiger charge is 2.25. The lowest BCUT2D eigenvalue weighted by Crippen LogP contribution is -2.37. The first kappa shape index (κ1) is 43.9. The van der Waals surface area contributed by atoms with Crippen molar-refractivity contribution in [1.29, 1.82) is 0 Å². The number of benzene rings is 2. The number of carboxylic acid groups (broad SMARTS) is 2. The van der Waals surface area contributed by atoms with Gasteiger partial charge in [-0.25, -0.2) is 29.5 Å². The van der Waals surface area contributed by atoms with Crippen molar-refractivity contribution in [2.24, 2.45) is 0 Å². The number of morpholine rings is 1. The van der Waals surface area contributed by atoms with Crippen molar-refractivity contribution in [2.75, 3.05) is 57.2 Å². The van der Waals surface area contributed by atoms with Gasteiger partial charge in [0.25, 0.3) is 11.8 Å². The first-order valence-corrected chi connectivity index (χ1v) is 21.7. The predicted molar refractivity (Wildman–Crippen MR) is 235 cm³/mol. The third-order valence-corrected chi connectivity index (χ3v) is 12.2. The molecule has 2 aromatic carbocycles. The van der Waals surface area contributed by atoms with E-state index in [2.05, 4.69) is 30.5 Å². The third-order valence-electron chi connectivity index (χ3n) is 10.2. The molecule has 1 fully saturated rings. The van der Waals surface area contributed by atoms with E-state index < -0.39 is 23.8 Å². The number of nitrogens with zero attached hydrogens (tertiary/aromatic N) is 7. The monoisotopic (exact) mass is 885 g/mol. The maximum absolute atomic E-state index is 13.8. The fourth-order valence-corrected chi connectivity index (χ4v) is 9.07. The molecule has 4 aromatic heterocycles. The fraction of sp³-hybridized carbons (Fsp3) is 0.381. The molecule has 18 nitrogen and oxygen atoms in total. The predicted octanol–water partition coefficient (Wildman–Crippen LogP) is 6.31. The summed E-state index contributed by atoms with van der Waals surface area (Å²) in [5, 5.41) is 27.2. The summed E-state index contributed by atoms with van der Waals surface area (Å²) in [5.74, 6) is -2.28. The number of methoxy groups -OCH3 is 1. The van der Waals surface area contributed by atoms with Crippen molar-refractivity contribution in [2.45, 2.75) is 60.0 Å². The van der Waals surface area contributed by atoms with Gasteiger partial charge in [0.2, 0.25) is 11.9 Å². The first-order valence-electron chi connectivity index (χ1n) is 20.1. The van der Waals surface area contributed by atoms with Gasteiger partial charge >= 0.3 is 11.9 Å². The van der Waals surface area contributed by atoms with Crippen molar-refractivity contribution in [3.05, 3.63) is 78.7 Å². The molecular formula is C42H47N9O9S2. The van der Waals surface area contributed by atoms with Gasteiger partial charge in [-0.15, -0.1) is 22.7 Å². The fourth-order valence-electron chi connectivity index (χ4n) is 7.27. The number of aromatic carboxylic acids is 2. The number of rotatable bonds is 18. The molecule has 6 aromatic rings. The van der Waals surface area contributed by atoms with Crippen molar-refractivity contribution in [3.63, 3.8) is 0 Å². The number of aromatic nitrogens is 6. The maximum Gasteiger partial charge on any atom is 0.335 e. The van der Waals surface area contributed by atoms with E-state index in [-0.39, 0.29) is 41.9 Å². The van der Waals surface area contributed by atoms with E-state index in [1.54, 1.807) is 9.13 Å². The van der Waals surface area contributed by atoms with Crippen LogP contribution in [0.25, 0.3) is 22.1 Å². The summed E-state index contributed by atoms with van der Waals surface area (Å²) in [4.78, 5) is 73.4. The number of thiazole rings is 2. The number of hydrogen-bond acceptors (Lipinski definition) is 14. The number of ether oxygens (including phenoxy) is 3. The van der Waals surface area contributed by atoms with Gasteiger partial charge in [0.15, 0.2) is 0 Å². The second-order valence-electron chi connectivity index (χ2n) is 14.4. The Balaban J connectivity index is 1.25. The molecule has 326 valence electrons. The zero-order valence-electron chi connectivity index (χ0n) is 34.9. The van der Waals surface area contributed by atoms with Crippen LogP contribution in [0.4, 0.5) is 11.9 Å². The normalized spacial score (nSPS) is 13.3.